The number of hydrogen-bond donors (Lipinski definition) is 3. The second-order valence-electron chi connectivity index (χ2n) is 5.17. The van der Waals surface area contributed by atoms with E-state index in [4.69, 9.17) is 5.11 Å². The molecule has 0 saturated heterocycles. The van der Waals surface area contributed by atoms with Crippen LogP contribution in [-0.4, -0.2) is 42.8 Å². The Labute approximate surface area is 121 Å². The molecule has 1 aromatic carbocycles. The van der Waals surface area contributed by atoms with Crippen molar-refractivity contribution in [1.29, 1.82) is 0 Å². The largest absolute Gasteiger partial charge is 0.394 e. The van der Waals surface area contributed by atoms with Crippen LogP contribution in [0.15, 0.2) is 24.3 Å². The van der Waals surface area contributed by atoms with Crippen molar-refractivity contribution in [2.45, 2.75) is 32.5 Å². The number of nitrogens with one attached hydrogen (secondary N) is 2. The standard InChI is InChI=1S/C15H25N3O2/c1-4-14(11-19)17-15(20)16-9-12-6-5-7-13(8-12)10-18(2)3/h5-8,14,19H,4,9-11H2,1-3H3,(H2,16,17,20). The number of amides is 2. The molecule has 0 radical (unpaired) electrons. The van der Waals surface area contributed by atoms with E-state index >= 15 is 0 Å². The fourth-order valence-electron chi connectivity index (χ4n) is 1.90. The van der Waals surface area contributed by atoms with Gasteiger partial charge >= 0.3 is 6.03 Å². The number of carbonyl (C=O) groups is 1. The maximum absolute atomic E-state index is 11.7. The highest BCUT2D eigenvalue weighted by Crippen LogP contribution is 2.06. The summed E-state index contributed by atoms with van der Waals surface area (Å²) in [5.74, 6) is 0. The molecule has 0 aromatic heterocycles. The first kappa shape index (κ1) is 16.5. The minimum Gasteiger partial charge on any atom is -0.394 e. The Morgan fingerprint density at radius 2 is 2.05 bits per heavy atom. The van der Waals surface area contributed by atoms with Crippen LogP contribution in [0.25, 0.3) is 0 Å². The number of rotatable bonds is 7. The summed E-state index contributed by atoms with van der Waals surface area (Å²) >= 11 is 0. The van der Waals surface area contributed by atoms with Crippen LogP contribution in [0.3, 0.4) is 0 Å². The Morgan fingerprint density at radius 1 is 1.35 bits per heavy atom. The molecule has 5 heteroatoms. The summed E-state index contributed by atoms with van der Waals surface area (Å²) in [5.41, 5.74) is 2.29. The molecule has 0 saturated carbocycles. The van der Waals surface area contributed by atoms with Gasteiger partial charge in [0.05, 0.1) is 12.6 Å². The Balaban J connectivity index is 2.46. The van der Waals surface area contributed by atoms with Gasteiger partial charge < -0.3 is 20.6 Å². The van der Waals surface area contributed by atoms with Crippen molar-refractivity contribution in [3.05, 3.63) is 35.4 Å². The monoisotopic (exact) mass is 279 g/mol. The lowest BCUT2D eigenvalue weighted by Crippen LogP contribution is -2.43. The SMILES string of the molecule is CCC(CO)NC(=O)NCc1cccc(CN(C)C)c1. The number of carbonyl (C=O) groups excluding carboxylic acids is 1. The molecule has 1 aromatic rings. The van der Waals surface area contributed by atoms with Crippen LogP contribution in [0.4, 0.5) is 4.79 Å². The molecule has 3 N–H and O–H groups in total. The van der Waals surface area contributed by atoms with Crippen molar-refractivity contribution in [2.24, 2.45) is 0 Å². The molecule has 0 fully saturated rings. The lowest BCUT2D eigenvalue weighted by atomic mass is 10.1. The summed E-state index contributed by atoms with van der Waals surface area (Å²) in [5, 5.41) is 14.6. The Morgan fingerprint density at radius 3 is 2.65 bits per heavy atom. The van der Waals surface area contributed by atoms with Crippen molar-refractivity contribution >= 4 is 6.03 Å². The molecule has 1 rings (SSSR count). The Bertz CT molecular complexity index is 417. The third-order valence-electron chi connectivity index (χ3n) is 2.99. The molecule has 0 aliphatic heterocycles. The molecule has 0 aliphatic rings. The summed E-state index contributed by atoms with van der Waals surface area (Å²) in [7, 11) is 4.05. The van der Waals surface area contributed by atoms with E-state index in [0.717, 1.165) is 12.1 Å². The van der Waals surface area contributed by atoms with Crippen molar-refractivity contribution in [1.82, 2.24) is 15.5 Å². The van der Waals surface area contributed by atoms with Crippen LogP contribution in [0.2, 0.25) is 0 Å². The lowest BCUT2D eigenvalue weighted by Gasteiger charge is -2.15. The van der Waals surface area contributed by atoms with Crippen molar-refractivity contribution in [3.8, 4) is 0 Å². The predicted molar refractivity (Wildman–Crippen MR) is 80.4 cm³/mol. The van der Waals surface area contributed by atoms with Crippen molar-refractivity contribution in [2.75, 3.05) is 20.7 Å². The second-order valence-corrected chi connectivity index (χ2v) is 5.17. The van der Waals surface area contributed by atoms with Crippen LogP contribution in [0, 0.1) is 0 Å². The van der Waals surface area contributed by atoms with E-state index in [1.807, 2.05) is 33.2 Å². The quantitative estimate of drug-likeness (QED) is 0.705. The van der Waals surface area contributed by atoms with Gasteiger partial charge in [-0.25, -0.2) is 4.79 Å². The highest BCUT2D eigenvalue weighted by atomic mass is 16.3. The number of hydrogen-bond acceptors (Lipinski definition) is 3. The van der Waals surface area contributed by atoms with Gasteiger partial charge in [0, 0.05) is 13.1 Å². The van der Waals surface area contributed by atoms with Gasteiger partial charge in [0.2, 0.25) is 0 Å². The second kappa shape index (κ2) is 8.55. The number of aliphatic hydroxyl groups is 1. The minimum atomic E-state index is -0.246. The first-order valence-electron chi connectivity index (χ1n) is 6.93. The van der Waals surface area contributed by atoms with E-state index in [2.05, 4.69) is 27.7 Å². The summed E-state index contributed by atoms with van der Waals surface area (Å²) in [6.45, 7) is 3.24. The van der Waals surface area contributed by atoms with Crippen molar-refractivity contribution < 1.29 is 9.90 Å². The fourth-order valence-corrected chi connectivity index (χ4v) is 1.90. The predicted octanol–water partition coefficient (Wildman–Crippen LogP) is 1.32. The van der Waals surface area contributed by atoms with Gasteiger partial charge in [0.25, 0.3) is 0 Å². The summed E-state index contributed by atoms with van der Waals surface area (Å²) in [4.78, 5) is 13.8. The van der Waals surface area contributed by atoms with Crippen LogP contribution in [-0.2, 0) is 13.1 Å². The molecule has 1 atom stereocenters. The van der Waals surface area contributed by atoms with E-state index in [-0.39, 0.29) is 18.7 Å². The topological polar surface area (TPSA) is 64.6 Å². The number of benzene rings is 1. The van der Waals surface area contributed by atoms with E-state index in [0.29, 0.717) is 13.0 Å². The molecule has 20 heavy (non-hydrogen) atoms. The first-order valence-corrected chi connectivity index (χ1v) is 6.93. The summed E-state index contributed by atoms with van der Waals surface area (Å²) < 4.78 is 0. The summed E-state index contributed by atoms with van der Waals surface area (Å²) in [6, 6.07) is 7.71. The van der Waals surface area contributed by atoms with Gasteiger partial charge in [0.15, 0.2) is 0 Å². The van der Waals surface area contributed by atoms with Crippen molar-refractivity contribution in [3.63, 3.8) is 0 Å². The molecule has 0 heterocycles. The third-order valence-corrected chi connectivity index (χ3v) is 2.99. The lowest BCUT2D eigenvalue weighted by molar-refractivity contribution is 0.214. The van der Waals surface area contributed by atoms with E-state index in [1.165, 1.54) is 5.56 Å². The molecular formula is C15H25N3O2. The zero-order chi connectivity index (χ0) is 15.0. The molecule has 5 nitrogen and oxygen atoms in total. The van der Waals surface area contributed by atoms with Crippen LogP contribution in [0.5, 0.6) is 0 Å². The van der Waals surface area contributed by atoms with Crippen LogP contribution >= 0.6 is 0 Å². The van der Waals surface area contributed by atoms with Gasteiger partial charge in [-0.1, -0.05) is 31.2 Å². The van der Waals surface area contributed by atoms with E-state index in [1.54, 1.807) is 0 Å². The molecule has 0 spiro atoms. The smallest absolute Gasteiger partial charge is 0.315 e. The minimum absolute atomic E-state index is 0.0394. The first-order chi connectivity index (χ1) is 9.55. The molecule has 2 amide bonds. The van der Waals surface area contributed by atoms with E-state index < -0.39 is 0 Å². The maximum atomic E-state index is 11.7. The third kappa shape index (κ3) is 6.04. The molecule has 0 bridgehead atoms. The summed E-state index contributed by atoms with van der Waals surface area (Å²) in [6.07, 6.45) is 0.711. The molecule has 112 valence electrons. The average Bonchev–Trinajstić information content (AvgIpc) is 2.42. The van der Waals surface area contributed by atoms with Gasteiger partial charge in [-0.15, -0.1) is 0 Å². The fraction of sp³-hybridized carbons (Fsp3) is 0.533. The number of aliphatic hydroxyl groups excluding tert-OH is 1. The van der Waals surface area contributed by atoms with Gasteiger partial charge in [-0.2, -0.15) is 0 Å². The zero-order valence-electron chi connectivity index (χ0n) is 12.5. The zero-order valence-corrected chi connectivity index (χ0v) is 12.5. The Kier molecular flexibility index (Phi) is 7.04. The van der Waals surface area contributed by atoms with E-state index in [9.17, 15) is 4.79 Å². The highest BCUT2D eigenvalue weighted by Gasteiger charge is 2.08. The number of urea groups is 1. The number of nitrogens with zero attached hydrogens (tertiary/aromatic N) is 1. The maximum Gasteiger partial charge on any atom is 0.315 e. The average molecular weight is 279 g/mol. The molecule has 1 unspecified atom stereocenters. The van der Waals surface area contributed by atoms with Gasteiger partial charge in [-0.3, -0.25) is 0 Å². The normalized spacial score (nSPS) is 12.2. The van der Waals surface area contributed by atoms with Gasteiger partial charge in [-0.05, 0) is 31.6 Å². The van der Waals surface area contributed by atoms with Crippen LogP contribution < -0.4 is 10.6 Å². The molecule has 0 aliphatic carbocycles. The van der Waals surface area contributed by atoms with Crippen LogP contribution in [0.1, 0.15) is 24.5 Å². The molecular weight excluding hydrogens is 254 g/mol. The Hall–Kier alpha value is -1.59. The van der Waals surface area contributed by atoms with Gasteiger partial charge in [0.1, 0.15) is 0 Å². The highest BCUT2D eigenvalue weighted by molar-refractivity contribution is 5.74.